The number of carbonyl (C=O) groups is 2. The van der Waals surface area contributed by atoms with Crippen LogP contribution in [0.25, 0.3) is 0 Å². The van der Waals surface area contributed by atoms with E-state index in [0.717, 1.165) is 12.8 Å². The molecule has 1 fully saturated rings. The van der Waals surface area contributed by atoms with Crippen molar-refractivity contribution in [2.75, 3.05) is 7.05 Å². The second-order valence-corrected chi connectivity index (χ2v) is 7.64. The number of aliphatic hydroxyl groups is 1. The van der Waals surface area contributed by atoms with Gasteiger partial charge >= 0.3 is 0 Å². The second kappa shape index (κ2) is 6.58. The number of aryl methyl sites for hydroxylation is 2. The second-order valence-electron chi connectivity index (χ2n) is 7.64. The van der Waals surface area contributed by atoms with Gasteiger partial charge in [0.25, 0.3) is 0 Å². The summed E-state index contributed by atoms with van der Waals surface area (Å²) in [6.07, 6.45) is 3.68. The molecular weight excluding hydrogens is 320 g/mol. The molecule has 0 saturated heterocycles. The van der Waals surface area contributed by atoms with Gasteiger partial charge in [-0.1, -0.05) is 19.0 Å². The minimum absolute atomic E-state index is 0.0288. The Hall–Kier alpha value is -2.24. The number of aromatic nitrogens is 1. The minimum atomic E-state index is -0.146. The maximum absolute atomic E-state index is 12.5. The van der Waals surface area contributed by atoms with Gasteiger partial charge in [-0.25, -0.2) is 0 Å². The standard InChI is InChI=1S/C19H24N2O4/c1-19(2)9-12(20-3)17(15(24)10-19)14(23)8-7-11-18-13(22)5-4-6-16(18)25-21-11/h23H,4-10H2,1-3H3. The zero-order valence-corrected chi connectivity index (χ0v) is 15.0. The molecule has 0 atom stereocenters. The summed E-state index contributed by atoms with van der Waals surface area (Å²) in [5.74, 6) is 0.648. The normalized spacial score (nSPS) is 23.7. The summed E-state index contributed by atoms with van der Waals surface area (Å²) in [6, 6.07) is 0. The zero-order valence-electron chi connectivity index (χ0n) is 15.0. The van der Waals surface area contributed by atoms with Gasteiger partial charge in [-0.3, -0.25) is 14.6 Å². The maximum Gasteiger partial charge on any atom is 0.168 e. The third-order valence-corrected chi connectivity index (χ3v) is 4.93. The molecular formula is C19H24N2O4. The Balaban J connectivity index is 1.81. The molecule has 1 aromatic rings. The van der Waals surface area contributed by atoms with Crippen LogP contribution >= 0.6 is 0 Å². The summed E-state index contributed by atoms with van der Waals surface area (Å²) in [5.41, 5.74) is 1.99. The molecule has 6 nitrogen and oxygen atoms in total. The fourth-order valence-corrected chi connectivity index (χ4v) is 3.72. The van der Waals surface area contributed by atoms with Gasteiger partial charge in [-0.05, 0) is 18.3 Å². The zero-order chi connectivity index (χ0) is 18.2. The first kappa shape index (κ1) is 17.6. The average Bonchev–Trinajstić information content (AvgIpc) is 2.95. The first-order chi connectivity index (χ1) is 11.8. The van der Waals surface area contributed by atoms with Crippen molar-refractivity contribution in [3.05, 3.63) is 28.3 Å². The molecule has 25 heavy (non-hydrogen) atoms. The number of hydrogen-bond donors (Lipinski definition) is 1. The van der Waals surface area contributed by atoms with Crippen molar-refractivity contribution in [3.63, 3.8) is 0 Å². The molecule has 1 heterocycles. The fourth-order valence-electron chi connectivity index (χ4n) is 3.72. The molecule has 2 aliphatic rings. The summed E-state index contributed by atoms with van der Waals surface area (Å²) in [6.45, 7) is 4.05. The third kappa shape index (κ3) is 3.43. The highest BCUT2D eigenvalue weighted by Gasteiger charge is 2.36. The summed E-state index contributed by atoms with van der Waals surface area (Å²) in [5, 5.41) is 14.5. The van der Waals surface area contributed by atoms with Gasteiger partial charge in [0.2, 0.25) is 0 Å². The van der Waals surface area contributed by atoms with E-state index in [-0.39, 0.29) is 29.2 Å². The Bertz CT molecular complexity index is 783. The van der Waals surface area contributed by atoms with Crippen LogP contribution in [0, 0.1) is 5.41 Å². The van der Waals surface area contributed by atoms with Crippen molar-refractivity contribution in [1.29, 1.82) is 0 Å². The molecule has 0 unspecified atom stereocenters. The summed E-state index contributed by atoms with van der Waals surface area (Å²) in [4.78, 5) is 28.8. The first-order valence-electron chi connectivity index (χ1n) is 8.74. The van der Waals surface area contributed by atoms with E-state index in [9.17, 15) is 14.7 Å². The lowest BCUT2D eigenvalue weighted by molar-refractivity contribution is -0.117. The van der Waals surface area contributed by atoms with Crippen molar-refractivity contribution >= 4 is 17.3 Å². The van der Waals surface area contributed by atoms with Crippen molar-refractivity contribution in [1.82, 2.24) is 5.16 Å². The number of nitrogens with zero attached hydrogens (tertiary/aromatic N) is 2. The molecule has 1 aromatic heterocycles. The lowest BCUT2D eigenvalue weighted by Crippen LogP contribution is -2.32. The minimum Gasteiger partial charge on any atom is -0.511 e. The van der Waals surface area contributed by atoms with Gasteiger partial charge in [0.15, 0.2) is 11.6 Å². The average molecular weight is 344 g/mol. The lowest BCUT2D eigenvalue weighted by atomic mass is 9.73. The number of aliphatic imine (C=N–C) groups is 1. The number of ketones is 2. The molecule has 1 saturated carbocycles. The van der Waals surface area contributed by atoms with Gasteiger partial charge in [0.05, 0.1) is 16.8 Å². The highest BCUT2D eigenvalue weighted by Crippen LogP contribution is 2.36. The number of allylic oxidation sites excluding steroid dienone is 2. The Morgan fingerprint density at radius 1 is 1.24 bits per heavy atom. The number of hydrogen-bond acceptors (Lipinski definition) is 6. The Morgan fingerprint density at radius 2 is 2.00 bits per heavy atom. The molecule has 1 N–H and O–H groups in total. The van der Waals surface area contributed by atoms with Crippen molar-refractivity contribution < 1.29 is 19.2 Å². The molecule has 0 bridgehead atoms. The number of fused-ring (bicyclic) bond motifs is 1. The monoisotopic (exact) mass is 344 g/mol. The molecule has 0 radical (unpaired) electrons. The van der Waals surface area contributed by atoms with Crippen LogP contribution in [0.4, 0.5) is 0 Å². The highest BCUT2D eigenvalue weighted by molar-refractivity contribution is 6.24. The first-order valence-corrected chi connectivity index (χ1v) is 8.74. The van der Waals surface area contributed by atoms with Crippen LogP contribution < -0.4 is 0 Å². The number of rotatable bonds is 3. The molecule has 0 spiro atoms. The predicted octanol–water partition coefficient (Wildman–Crippen LogP) is 3.40. The summed E-state index contributed by atoms with van der Waals surface area (Å²) < 4.78 is 5.27. The van der Waals surface area contributed by atoms with Gasteiger partial charge < -0.3 is 9.63 Å². The number of carbonyl (C=O) groups excluding carboxylic acids is 2. The summed E-state index contributed by atoms with van der Waals surface area (Å²) in [7, 11) is 1.64. The lowest BCUT2D eigenvalue weighted by Gasteiger charge is -2.31. The van der Waals surface area contributed by atoms with Gasteiger partial charge in [0.1, 0.15) is 11.5 Å². The Kier molecular flexibility index (Phi) is 4.62. The summed E-state index contributed by atoms with van der Waals surface area (Å²) >= 11 is 0. The Labute approximate surface area is 147 Å². The van der Waals surface area contributed by atoms with Crippen LogP contribution in [0.15, 0.2) is 20.8 Å². The van der Waals surface area contributed by atoms with E-state index in [4.69, 9.17) is 4.52 Å². The molecule has 0 aromatic carbocycles. The van der Waals surface area contributed by atoms with Gasteiger partial charge in [0, 0.05) is 44.9 Å². The third-order valence-electron chi connectivity index (χ3n) is 4.93. The van der Waals surface area contributed by atoms with Crippen LogP contribution in [0.2, 0.25) is 0 Å². The molecule has 0 aliphatic heterocycles. The fraction of sp³-hybridized carbons (Fsp3) is 0.579. The van der Waals surface area contributed by atoms with E-state index >= 15 is 0 Å². The molecule has 2 aliphatic carbocycles. The largest absolute Gasteiger partial charge is 0.511 e. The van der Waals surface area contributed by atoms with Crippen molar-refractivity contribution in [3.8, 4) is 0 Å². The predicted molar refractivity (Wildman–Crippen MR) is 93.1 cm³/mol. The topological polar surface area (TPSA) is 92.8 Å². The van der Waals surface area contributed by atoms with E-state index in [1.807, 2.05) is 13.8 Å². The molecule has 134 valence electrons. The van der Waals surface area contributed by atoms with E-state index in [2.05, 4.69) is 10.1 Å². The van der Waals surface area contributed by atoms with Crippen LogP contribution in [0.5, 0.6) is 0 Å². The Morgan fingerprint density at radius 3 is 2.72 bits per heavy atom. The molecule has 0 amide bonds. The van der Waals surface area contributed by atoms with E-state index in [1.54, 1.807) is 7.05 Å². The molecule has 3 rings (SSSR count). The van der Waals surface area contributed by atoms with E-state index in [1.165, 1.54) is 0 Å². The van der Waals surface area contributed by atoms with E-state index < -0.39 is 0 Å². The SMILES string of the molecule is CN=C1CC(C)(C)CC(=O)C1=C(O)CCc1noc2c1C(=O)CCC2. The maximum atomic E-state index is 12.5. The highest BCUT2D eigenvalue weighted by atomic mass is 16.5. The van der Waals surface area contributed by atoms with Gasteiger partial charge in [-0.2, -0.15) is 0 Å². The van der Waals surface area contributed by atoms with E-state index in [0.29, 0.717) is 54.0 Å². The van der Waals surface area contributed by atoms with Crippen LogP contribution in [-0.4, -0.2) is 34.6 Å². The smallest absolute Gasteiger partial charge is 0.168 e. The number of aliphatic hydroxyl groups excluding tert-OH is 1. The van der Waals surface area contributed by atoms with Crippen LogP contribution in [0.3, 0.4) is 0 Å². The van der Waals surface area contributed by atoms with Crippen molar-refractivity contribution in [2.45, 2.75) is 58.8 Å². The quantitative estimate of drug-likeness (QED) is 0.670. The molecule has 6 heteroatoms. The van der Waals surface area contributed by atoms with Crippen LogP contribution in [-0.2, 0) is 17.6 Å². The van der Waals surface area contributed by atoms with Crippen LogP contribution in [0.1, 0.15) is 67.8 Å². The van der Waals surface area contributed by atoms with Crippen molar-refractivity contribution in [2.24, 2.45) is 10.4 Å². The van der Waals surface area contributed by atoms with Gasteiger partial charge in [-0.15, -0.1) is 0 Å². The number of Topliss-reactive ketones (excluding diaryl/α,β-unsaturated/α-hetero) is 2.